The first-order valence-corrected chi connectivity index (χ1v) is 3.78. The van der Waals surface area contributed by atoms with Crippen LogP contribution in [0.4, 0.5) is 4.79 Å². The van der Waals surface area contributed by atoms with E-state index in [1.54, 1.807) is 0 Å². The van der Waals surface area contributed by atoms with Crippen LogP contribution in [0.1, 0.15) is 11.0 Å². The third-order valence-electron chi connectivity index (χ3n) is 2.01. The van der Waals surface area contributed by atoms with Crippen LogP contribution < -0.4 is 5.31 Å². The van der Waals surface area contributed by atoms with Crippen molar-refractivity contribution in [1.82, 2.24) is 20.0 Å². The molecule has 2 atom stereocenters. The van der Waals surface area contributed by atoms with E-state index in [1.807, 2.05) is 0 Å². The molecule has 0 saturated carbocycles. The SMILES string of the molecule is [2H]CN1C2C(=O)N(C([2H])=O)C(=O)N(C([2H])([2H])[2H])C2([2H])N([2H])C1([2H])[2H]. The maximum atomic E-state index is 12.4. The summed E-state index contributed by atoms with van der Waals surface area (Å²) in [5.74, 6) is -1.54. The number of fused-ring (bicyclic) bond motifs is 1. The van der Waals surface area contributed by atoms with Gasteiger partial charge in [0.15, 0.2) is 0 Å². The van der Waals surface area contributed by atoms with Gasteiger partial charge in [-0.1, -0.05) is 0 Å². The molecule has 0 aliphatic carbocycles. The standard InChI is InChI=1S/C8H12N4O3/c1-10-3-9-6-5(10)7(14)12(4-13)8(15)11(6)2/h4-6,9H,3H2,1-2H3/i1D,2D3,3D2,4D,6D/hD. The lowest BCUT2D eigenvalue weighted by atomic mass is 10.1. The molecule has 1 N–H and O–H groups in total. The Morgan fingerprint density at radius 3 is 3.27 bits per heavy atom. The topological polar surface area (TPSA) is 73.0 Å². The molecule has 0 bridgehead atoms. The van der Waals surface area contributed by atoms with Gasteiger partial charge in [0, 0.05) is 12.5 Å². The van der Waals surface area contributed by atoms with E-state index in [1.165, 1.54) is 0 Å². The van der Waals surface area contributed by atoms with Gasteiger partial charge in [0.05, 0.1) is 10.7 Å². The third-order valence-corrected chi connectivity index (χ3v) is 2.01. The zero-order valence-electron chi connectivity index (χ0n) is 16.3. The number of nitrogens with zero attached hydrogens (tertiary/aromatic N) is 3. The van der Waals surface area contributed by atoms with Crippen molar-refractivity contribution in [3.63, 3.8) is 0 Å². The maximum Gasteiger partial charge on any atom is 0.334 e. The maximum absolute atomic E-state index is 12.4. The molecule has 2 fully saturated rings. The summed E-state index contributed by atoms with van der Waals surface area (Å²) in [6.07, 6.45) is -4.93. The van der Waals surface area contributed by atoms with Crippen LogP contribution in [-0.2, 0) is 9.59 Å². The fourth-order valence-corrected chi connectivity index (χ4v) is 1.29. The average molecular weight is 221 g/mol. The first-order valence-electron chi connectivity index (χ1n) is 8.43. The fraction of sp³-hybridized carbons (Fsp3) is 0.625. The van der Waals surface area contributed by atoms with Crippen LogP contribution in [0.25, 0.3) is 0 Å². The van der Waals surface area contributed by atoms with Crippen molar-refractivity contribution < 1.29 is 26.8 Å². The summed E-state index contributed by atoms with van der Waals surface area (Å²) in [6, 6.07) is -3.99. The summed E-state index contributed by atoms with van der Waals surface area (Å²) in [5, 5.41) is -0.215. The van der Waals surface area contributed by atoms with E-state index in [-0.39, 0.29) is 15.1 Å². The number of hydrogen-bond acceptors (Lipinski definition) is 5. The summed E-state index contributed by atoms with van der Waals surface area (Å²) in [6.45, 7) is -6.37. The molecule has 2 heterocycles. The Kier molecular flexibility index (Phi) is 0.839. The molecule has 2 rings (SSSR count). The molecule has 15 heavy (non-hydrogen) atoms. The van der Waals surface area contributed by atoms with Crippen LogP contribution in [-0.4, -0.2) is 65.8 Å². The second-order valence-corrected chi connectivity index (χ2v) is 2.83. The number of imide groups is 3. The van der Waals surface area contributed by atoms with E-state index < -0.39 is 51.1 Å². The van der Waals surface area contributed by atoms with Gasteiger partial charge < -0.3 is 4.90 Å². The molecule has 2 saturated heterocycles. The number of hydrogen-bond donors (Lipinski definition) is 1. The normalized spacial score (nSPS) is 51.2. The van der Waals surface area contributed by atoms with Crippen LogP contribution in [0.15, 0.2) is 0 Å². The Morgan fingerprint density at radius 2 is 2.67 bits per heavy atom. The number of carbonyl (C=O) groups excluding carboxylic acids is 3. The van der Waals surface area contributed by atoms with E-state index in [0.717, 1.165) is 0 Å². The monoisotopic (exact) mass is 221 g/mol. The van der Waals surface area contributed by atoms with E-state index >= 15 is 0 Å². The quantitative estimate of drug-likeness (QED) is 0.490. The van der Waals surface area contributed by atoms with Crippen molar-refractivity contribution in [3.05, 3.63) is 0 Å². The van der Waals surface area contributed by atoms with Crippen LogP contribution in [0.2, 0.25) is 1.41 Å². The summed E-state index contributed by atoms with van der Waals surface area (Å²) in [7, 11) is -0.970. The Hall–Kier alpha value is -1.47. The number of carbonyl (C=O) groups is 3. The predicted octanol–water partition coefficient (Wildman–Crippen LogP) is -1.78. The van der Waals surface area contributed by atoms with Gasteiger partial charge in [0.1, 0.15) is 15.0 Å². The van der Waals surface area contributed by atoms with E-state index in [2.05, 4.69) is 0 Å². The highest BCUT2D eigenvalue weighted by Gasteiger charge is 2.49. The average Bonchev–Trinajstić information content (AvgIpc) is 2.54. The first kappa shape index (κ1) is 3.84. The Balaban J connectivity index is 2.77. The Morgan fingerprint density at radius 1 is 1.87 bits per heavy atom. The summed E-state index contributed by atoms with van der Waals surface area (Å²) < 4.78 is 68.0. The number of likely N-dealkylation sites (N-methyl/N-ethyl adjacent to an activating group) is 2. The molecule has 82 valence electrons. The van der Waals surface area contributed by atoms with Gasteiger partial charge in [-0.25, -0.2) is 9.69 Å². The second-order valence-electron chi connectivity index (χ2n) is 2.83. The fourth-order valence-electron chi connectivity index (χ4n) is 1.29. The molecular weight excluding hydrogens is 200 g/mol. The summed E-state index contributed by atoms with van der Waals surface area (Å²) in [5.41, 5.74) is 0. The lowest BCUT2D eigenvalue weighted by molar-refractivity contribution is -0.142. The highest BCUT2D eigenvalue weighted by Crippen LogP contribution is 2.20. The highest BCUT2D eigenvalue weighted by atomic mass is 16.2. The number of rotatable bonds is 0. The largest absolute Gasteiger partial charge is 0.334 e. The second kappa shape index (κ2) is 3.28. The van der Waals surface area contributed by atoms with Crippen molar-refractivity contribution in [2.24, 2.45) is 0 Å². The van der Waals surface area contributed by atoms with Gasteiger partial charge in [0.25, 0.3) is 5.91 Å². The first-order chi connectivity index (χ1) is 10.7. The van der Waals surface area contributed by atoms with Crippen LogP contribution in [0.5, 0.6) is 0 Å². The summed E-state index contributed by atoms with van der Waals surface area (Å²) >= 11 is 0. The minimum atomic E-state index is -3.42. The molecule has 0 aromatic carbocycles. The molecule has 0 aromatic rings. The molecule has 2 unspecified atom stereocenters. The minimum Gasteiger partial charge on any atom is -0.309 e. The predicted molar refractivity (Wildman–Crippen MR) is 49.4 cm³/mol. The molecule has 0 radical (unpaired) electrons. The summed E-state index contributed by atoms with van der Waals surface area (Å²) in [4.78, 5) is 35.6. The molecule has 0 aromatic heterocycles. The van der Waals surface area contributed by atoms with Gasteiger partial charge in [-0.2, -0.15) is 0 Å². The van der Waals surface area contributed by atoms with Crippen molar-refractivity contribution >= 4 is 18.3 Å². The number of nitrogens with one attached hydrogen (secondary N) is 1. The van der Waals surface area contributed by atoms with E-state index in [4.69, 9.17) is 12.4 Å². The minimum absolute atomic E-state index is 0.215. The Labute approximate surface area is 99.3 Å². The molecular formula is C8H12N4O3. The number of urea groups is 1. The van der Waals surface area contributed by atoms with Gasteiger partial charge in [0.2, 0.25) is 6.39 Å². The molecule has 2 aliphatic rings. The Bertz CT molecular complexity index is 612. The van der Waals surface area contributed by atoms with Crippen molar-refractivity contribution in [1.29, 1.82) is 0 Å². The van der Waals surface area contributed by atoms with Crippen molar-refractivity contribution in [3.8, 4) is 0 Å². The van der Waals surface area contributed by atoms with Gasteiger partial charge in [-0.05, 0) is 7.02 Å². The smallest absolute Gasteiger partial charge is 0.309 e. The zero-order chi connectivity index (χ0) is 18.8. The van der Waals surface area contributed by atoms with Crippen molar-refractivity contribution in [2.45, 2.75) is 12.2 Å². The van der Waals surface area contributed by atoms with Crippen LogP contribution in [0.3, 0.4) is 0 Å². The molecule has 0 spiro atoms. The molecule has 7 nitrogen and oxygen atoms in total. The lowest BCUT2D eigenvalue weighted by Crippen LogP contribution is -2.65. The molecule has 7 heteroatoms. The third kappa shape index (κ3) is 1.24. The van der Waals surface area contributed by atoms with E-state index in [0.29, 0.717) is 4.90 Å². The van der Waals surface area contributed by atoms with Gasteiger partial charge in [-0.3, -0.25) is 19.8 Å². The van der Waals surface area contributed by atoms with Gasteiger partial charge in [-0.15, -0.1) is 0 Å². The van der Waals surface area contributed by atoms with Gasteiger partial charge >= 0.3 is 6.03 Å². The lowest BCUT2D eigenvalue weighted by Gasteiger charge is -2.38. The zero-order valence-corrected chi connectivity index (χ0v) is 7.30. The van der Waals surface area contributed by atoms with Crippen molar-refractivity contribution in [2.75, 3.05) is 20.6 Å². The molecule has 4 amide bonds. The van der Waals surface area contributed by atoms with Crippen LogP contribution in [0, 0.1) is 0 Å². The number of amides is 4. The highest BCUT2D eigenvalue weighted by molar-refractivity contribution is 6.08. The van der Waals surface area contributed by atoms with Crippen LogP contribution >= 0.6 is 0 Å². The molecule has 2 aliphatic heterocycles. The van der Waals surface area contributed by atoms with E-state index in [9.17, 15) is 14.4 Å².